The van der Waals surface area contributed by atoms with Crippen LogP contribution in [0.2, 0.25) is 0 Å². The fourth-order valence-corrected chi connectivity index (χ4v) is 3.18. The van der Waals surface area contributed by atoms with Crippen LogP contribution in [0.5, 0.6) is 0 Å². The molecule has 1 aliphatic heterocycles. The Kier molecular flexibility index (Phi) is 3.46. The topological polar surface area (TPSA) is 21.3 Å². The van der Waals surface area contributed by atoms with E-state index < -0.39 is 0 Å². The minimum absolute atomic E-state index is 0.384. The summed E-state index contributed by atoms with van der Waals surface area (Å²) in [5.41, 5.74) is 4.04. The Hall–Kier alpha value is -1.16. The van der Waals surface area contributed by atoms with Crippen LogP contribution in [-0.4, -0.2) is 7.05 Å². The summed E-state index contributed by atoms with van der Waals surface area (Å²) in [4.78, 5) is 1.42. The average Bonchev–Trinajstić information content (AvgIpc) is 3.06. The molecule has 1 aliphatic rings. The highest BCUT2D eigenvalue weighted by molar-refractivity contribution is 7.09. The predicted molar refractivity (Wildman–Crippen MR) is 74.8 cm³/mol. The maximum Gasteiger partial charge on any atom is 0.0725 e. The minimum Gasteiger partial charge on any atom is -0.372 e. The molecular formula is C15H17NOS. The smallest absolute Gasteiger partial charge is 0.0725 e. The molecule has 1 N–H and O–H groups in total. The fourth-order valence-electron chi connectivity index (χ4n) is 2.43. The van der Waals surface area contributed by atoms with Crippen LogP contribution in [0, 0.1) is 0 Å². The van der Waals surface area contributed by atoms with Gasteiger partial charge in [0.05, 0.1) is 13.2 Å². The molecule has 0 radical (unpaired) electrons. The standard InChI is InChI=1S/C15H17NOS/c1-16-15(8-14-3-2-6-18-14)11-4-5-12-9-17-10-13(12)7-11/h2-7,15-16H,8-10H2,1H3. The molecule has 0 aliphatic carbocycles. The number of hydrogen-bond donors (Lipinski definition) is 1. The zero-order valence-corrected chi connectivity index (χ0v) is 11.3. The summed E-state index contributed by atoms with van der Waals surface area (Å²) >= 11 is 1.82. The van der Waals surface area contributed by atoms with Crippen molar-refractivity contribution in [2.45, 2.75) is 25.7 Å². The van der Waals surface area contributed by atoms with Crippen molar-refractivity contribution in [1.29, 1.82) is 0 Å². The van der Waals surface area contributed by atoms with Crippen molar-refractivity contribution in [2.75, 3.05) is 7.05 Å². The number of likely N-dealkylation sites (N-methyl/N-ethyl adjacent to an activating group) is 1. The van der Waals surface area contributed by atoms with Crippen LogP contribution in [-0.2, 0) is 24.4 Å². The molecule has 1 aromatic heterocycles. The van der Waals surface area contributed by atoms with Gasteiger partial charge in [-0.25, -0.2) is 0 Å². The molecule has 3 heteroatoms. The molecule has 94 valence electrons. The van der Waals surface area contributed by atoms with E-state index in [1.807, 2.05) is 18.4 Å². The van der Waals surface area contributed by atoms with E-state index in [-0.39, 0.29) is 0 Å². The monoisotopic (exact) mass is 259 g/mol. The predicted octanol–water partition coefficient (Wildman–Crippen LogP) is 3.28. The van der Waals surface area contributed by atoms with Gasteiger partial charge in [-0.2, -0.15) is 0 Å². The molecule has 0 saturated heterocycles. The van der Waals surface area contributed by atoms with Gasteiger partial charge >= 0.3 is 0 Å². The Morgan fingerprint density at radius 3 is 2.94 bits per heavy atom. The average molecular weight is 259 g/mol. The zero-order chi connectivity index (χ0) is 12.4. The molecular weight excluding hydrogens is 242 g/mol. The summed E-state index contributed by atoms with van der Waals surface area (Å²) in [7, 11) is 2.03. The van der Waals surface area contributed by atoms with E-state index in [1.54, 1.807) is 0 Å². The molecule has 0 bridgehead atoms. The van der Waals surface area contributed by atoms with Gasteiger partial charge in [-0.3, -0.25) is 0 Å². The lowest BCUT2D eigenvalue weighted by molar-refractivity contribution is 0.134. The van der Waals surface area contributed by atoms with Crippen LogP contribution in [0.3, 0.4) is 0 Å². The summed E-state index contributed by atoms with van der Waals surface area (Å²) in [6.45, 7) is 1.53. The van der Waals surface area contributed by atoms with Gasteiger partial charge in [0.15, 0.2) is 0 Å². The SMILES string of the molecule is CNC(Cc1cccs1)c1ccc2c(c1)COC2. The number of fused-ring (bicyclic) bond motifs is 1. The lowest BCUT2D eigenvalue weighted by Crippen LogP contribution is -2.18. The van der Waals surface area contributed by atoms with Crippen LogP contribution in [0.1, 0.15) is 27.6 Å². The number of ether oxygens (including phenoxy) is 1. The van der Waals surface area contributed by atoms with Crippen LogP contribution >= 0.6 is 11.3 Å². The third-order valence-electron chi connectivity index (χ3n) is 3.48. The van der Waals surface area contributed by atoms with Crippen molar-refractivity contribution >= 4 is 11.3 Å². The van der Waals surface area contributed by atoms with Gasteiger partial charge in [0, 0.05) is 17.3 Å². The number of thiophene rings is 1. The highest BCUT2D eigenvalue weighted by atomic mass is 32.1. The zero-order valence-electron chi connectivity index (χ0n) is 10.5. The number of benzene rings is 1. The first kappa shape index (κ1) is 11.9. The van der Waals surface area contributed by atoms with Gasteiger partial charge in [-0.05, 0) is 35.2 Å². The molecule has 1 unspecified atom stereocenters. The molecule has 18 heavy (non-hydrogen) atoms. The maximum atomic E-state index is 5.47. The minimum atomic E-state index is 0.384. The normalized spacial score (nSPS) is 15.6. The molecule has 2 heterocycles. The summed E-state index contributed by atoms with van der Waals surface area (Å²) < 4.78 is 5.47. The van der Waals surface area contributed by atoms with Crippen molar-refractivity contribution in [3.63, 3.8) is 0 Å². The van der Waals surface area contributed by atoms with E-state index in [2.05, 4.69) is 41.0 Å². The summed E-state index contributed by atoms with van der Waals surface area (Å²) in [6.07, 6.45) is 1.05. The fraction of sp³-hybridized carbons (Fsp3) is 0.333. The van der Waals surface area contributed by atoms with Gasteiger partial charge in [0.25, 0.3) is 0 Å². The molecule has 0 spiro atoms. The van der Waals surface area contributed by atoms with Crippen molar-refractivity contribution in [1.82, 2.24) is 5.32 Å². The van der Waals surface area contributed by atoms with Crippen molar-refractivity contribution in [3.8, 4) is 0 Å². The Bertz CT molecular complexity index is 521. The lowest BCUT2D eigenvalue weighted by atomic mass is 9.98. The quantitative estimate of drug-likeness (QED) is 0.910. The van der Waals surface area contributed by atoms with Crippen LogP contribution < -0.4 is 5.32 Å². The summed E-state index contributed by atoms with van der Waals surface area (Å²) in [5, 5.41) is 5.55. The lowest BCUT2D eigenvalue weighted by Gasteiger charge is -2.16. The highest BCUT2D eigenvalue weighted by Gasteiger charge is 2.16. The first-order valence-electron chi connectivity index (χ1n) is 6.26. The van der Waals surface area contributed by atoms with E-state index in [1.165, 1.54) is 21.6 Å². The first-order chi connectivity index (χ1) is 8.86. The molecule has 2 nitrogen and oxygen atoms in total. The van der Waals surface area contributed by atoms with E-state index in [9.17, 15) is 0 Å². The molecule has 0 fully saturated rings. The molecule has 1 atom stereocenters. The molecule has 0 saturated carbocycles. The van der Waals surface area contributed by atoms with Gasteiger partial charge in [0.1, 0.15) is 0 Å². The van der Waals surface area contributed by atoms with Gasteiger partial charge in [0.2, 0.25) is 0 Å². The Labute approximate surface area is 112 Å². The first-order valence-corrected chi connectivity index (χ1v) is 7.14. The molecule has 0 amide bonds. The third-order valence-corrected chi connectivity index (χ3v) is 4.38. The van der Waals surface area contributed by atoms with Crippen molar-refractivity contribution in [3.05, 3.63) is 57.3 Å². The van der Waals surface area contributed by atoms with Gasteiger partial charge < -0.3 is 10.1 Å². The highest BCUT2D eigenvalue weighted by Crippen LogP contribution is 2.26. The number of nitrogens with one attached hydrogen (secondary N) is 1. The van der Waals surface area contributed by atoms with Crippen molar-refractivity contribution in [2.24, 2.45) is 0 Å². The Morgan fingerprint density at radius 2 is 2.17 bits per heavy atom. The second kappa shape index (κ2) is 5.22. The Morgan fingerprint density at radius 1 is 1.28 bits per heavy atom. The van der Waals surface area contributed by atoms with Crippen LogP contribution in [0.15, 0.2) is 35.7 Å². The van der Waals surface area contributed by atoms with Crippen LogP contribution in [0.25, 0.3) is 0 Å². The van der Waals surface area contributed by atoms with E-state index in [0.29, 0.717) is 6.04 Å². The number of rotatable bonds is 4. The van der Waals surface area contributed by atoms with Gasteiger partial charge in [-0.1, -0.05) is 24.3 Å². The molecule has 2 aromatic rings. The van der Waals surface area contributed by atoms with E-state index in [0.717, 1.165) is 19.6 Å². The molecule has 3 rings (SSSR count). The second-order valence-corrected chi connectivity index (χ2v) is 5.68. The van der Waals surface area contributed by atoms with E-state index in [4.69, 9.17) is 4.74 Å². The maximum absolute atomic E-state index is 5.47. The number of hydrogen-bond acceptors (Lipinski definition) is 3. The molecule has 1 aromatic carbocycles. The largest absolute Gasteiger partial charge is 0.372 e. The third kappa shape index (κ3) is 2.34. The summed E-state index contributed by atoms with van der Waals surface area (Å²) in [5.74, 6) is 0. The second-order valence-electron chi connectivity index (χ2n) is 4.65. The Balaban J connectivity index is 1.83. The van der Waals surface area contributed by atoms with Crippen LogP contribution in [0.4, 0.5) is 0 Å². The van der Waals surface area contributed by atoms with E-state index >= 15 is 0 Å². The van der Waals surface area contributed by atoms with Crippen molar-refractivity contribution < 1.29 is 4.74 Å². The van der Waals surface area contributed by atoms with Gasteiger partial charge in [-0.15, -0.1) is 11.3 Å². The summed E-state index contributed by atoms with van der Waals surface area (Å²) in [6, 6.07) is 11.4.